The van der Waals surface area contributed by atoms with Crippen LogP contribution < -0.4 is 20.1 Å². The fourth-order valence-corrected chi connectivity index (χ4v) is 4.83. The summed E-state index contributed by atoms with van der Waals surface area (Å²) >= 11 is 6.28. The van der Waals surface area contributed by atoms with Crippen molar-refractivity contribution >= 4 is 28.9 Å². The van der Waals surface area contributed by atoms with Gasteiger partial charge in [-0.05, 0) is 31.0 Å². The summed E-state index contributed by atoms with van der Waals surface area (Å²) in [6.45, 7) is 0.961. The van der Waals surface area contributed by atoms with Crippen molar-refractivity contribution in [1.29, 1.82) is 0 Å². The van der Waals surface area contributed by atoms with Crippen LogP contribution in [0.1, 0.15) is 28.9 Å². The molecule has 12 heteroatoms. The van der Waals surface area contributed by atoms with E-state index >= 15 is 0 Å². The Morgan fingerprint density at radius 3 is 2.86 bits per heavy atom. The molecule has 0 aliphatic carbocycles. The molecule has 37 heavy (non-hydrogen) atoms. The molecule has 1 amide bonds. The van der Waals surface area contributed by atoms with Gasteiger partial charge in [-0.2, -0.15) is 13.2 Å². The molecule has 0 spiro atoms. The number of benzene rings is 1. The number of anilines is 2. The maximum Gasteiger partial charge on any atom is 0.409 e. The number of ether oxygens (including phenoxy) is 3. The highest BCUT2D eigenvalue weighted by atomic mass is 35.5. The predicted molar refractivity (Wildman–Crippen MR) is 131 cm³/mol. The molecular weight excluding hydrogens is 513 g/mol. The highest BCUT2D eigenvalue weighted by molar-refractivity contribution is 6.32. The molecule has 0 radical (unpaired) electrons. The average molecular weight is 537 g/mol. The number of halogens is 4. The largest absolute Gasteiger partial charge is 0.493 e. The number of H-pyrrole nitrogens is 1. The van der Waals surface area contributed by atoms with E-state index in [-0.39, 0.29) is 23.0 Å². The van der Waals surface area contributed by atoms with E-state index in [1.54, 1.807) is 24.3 Å². The second-order valence-electron chi connectivity index (χ2n) is 8.76. The van der Waals surface area contributed by atoms with Crippen LogP contribution in [-0.4, -0.2) is 54.5 Å². The van der Waals surface area contributed by atoms with Gasteiger partial charge >= 0.3 is 6.18 Å². The highest BCUT2D eigenvalue weighted by Crippen LogP contribution is 2.44. The molecule has 1 aromatic carbocycles. The van der Waals surface area contributed by atoms with Crippen LogP contribution in [0.3, 0.4) is 0 Å². The third-order valence-electron chi connectivity index (χ3n) is 6.35. The van der Waals surface area contributed by atoms with Crippen molar-refractivity contribution in [2.45, 2.75) is 37.6 Å². The monoisotopic (exact) mass is 536 g/mol. The van der Waals surface area contributed by atoms with Crippen LogP contribution in [0.25, 0.3) is 11.3 Å². The van der Waals surface area contributed by atoms with Crippen LogP contribution in [-0.2, 0) is 11.2 Å². The summed E-state index contributed by atoms with van der Waals surface area (Å²) in [6, 6.07) is 4.67. The van der Waals surface area contributed by atoms with Crippen molar-refractivity contribution < 1.29 is 32.2 Å². The zero-order valence-corrected chi connectivity index (χ0v) is 20.5. The van der Waals surface area contributed by atoms with Crippen LogP contribution in [0, 0.1) is 0 Å². The summed E-state index contributed by atoms with van der Waals surface area (Å²) in [7, 11) is 1.44. The summed E-state index contributed by atoms with van der Waals surface area (Å²) in [4.78, 5) is 20.2. The molecular formula is C25H24ClF3N4O4. The quantitative estimate of drug-likeness (QED) is 0.381. The van der Waals surface area contributed by atoms with E-state index in [0.29, 0.717) is 46.7 Å². The number of nitrogens with zero attached hydrogens (tertiary/aromatic N) is 1. The number of amides is 1. The van der Waals surface area contributed by atoms with Crippen LogP contribution >= 0.6 is 11.6 Å². The molecule has 5 rings (SSSR count). The number of methoxy groups -OCH3 is 1. The van der Waals surface area contributed by atoms with E-state index in [1.165, 1.54) is 19.5 Å². The number of pyridine rings is 1. The number of nitrogens with one attached hydrogen (secondary N) is 3. The van der Waals surface area contributed by atoms with Gasteiger partial charge in [0.2, 0.25) is 0 Å². The van der Waals surface area contributed by atoms with Gasteiger partial charge in [-0.25, -0.2) is 0 Å². The Labute approximate surface area is 215 Å². The van der Waals surface area contributed by atoms with Gasteiger partial charge in [0.1, 0.15) is 18.4 Å². The minimum Gasteiger partial charge on any atom is -0.493 e. The van der Waals surface area contributed by atoms with Gasteiger partial charge in [-0.3, -0.25) is 9.78 Å². The second-order valence-corrected chi connectivity index (χ2v) is 9.17. The van der Waals surface area contributed by atoms with Crippen molar-refractivity contribution in [1.82, 2.24) is 15.3 Å². The summed E-state index contributed by atoms with van der Waals surface area (Å²) in [5.41, 5.74) is 1.80. The number of alkyl halides is 3. The van der Waals surface area contributed by atoms with Gasteiger partial charge < -0.3 is 29.8 Å². The maximum atomic E-state index is 13.5. The van der Waals surface area contributed by atoms with Crippen molar-refractivity contribution in [2.75, 3.05) is 25.6 Å². The standard InChI is InChI=1S/C25H24ClF3N4O4/c1-35-23-15(26)5-2-6-16(23)31-22-20-17(10-19(25(27,28)29)33-24(20)34)32-21(22)14-7-8-30-11-18(14)37-12-13-4-3-9-36-13/h2,5-8,11,13,19,31-32H,3-4,9-10,12H2,1H3,(H,33,34)/t13-,19?/m0/s1. The Morgan fingerprint density at radius 2 is 2.14 bits per heavy atom. The van der Waals surface area contributed by atoms with E-state index in [4.69, 9.17) is 25.8 Å². The fourth-order valence-electron chi connectivity index (χ4n) is 4.58. The van der Waals surface area contributed by atoms with Crippen molar-refractivity contribution in [2.24, 2.45) is 0 Å². The molecule has 3 N–H and O–H groups in total. The van der Waals surface area contributed by atoms with E-state index in [9.17, 15) is 18.0 Å². The number of carbonyl (C=O) groups is 1. The lowest BCUT2D eigenvalue weighted by Gasteiger charge is -2.26. The summed E-state index contributed by atoms with van der Waals surface area (Å²) in [6.07, 6.45) is -0.244. The lowest BCUT2D eigenvalue weighted by molar-refractivity contribution is -0.153. The molecule has 0 bridgehead atoms. The Hall–Kier alpha value is -3.44. The van der Waals surface area contributed by atoms with E-state index in [2.05, 4.69) is 20.6 Å². The van der Waals surface area contributed by atoms with Gasteiger partial charge in [0.05, 0.1) is 47.1 Å². The zero-order valence-electron chi connectivity index (χ0n) is 19.7. The third kappa shape index (κ3) is 5.05. The minimum absolute atomic E-state index is 0.0588. The van der Waals surface area contributed by atoms with Crippen LogP contribution in [0.15, 0.2) is 36.7 Å². The van der Waals surface area contributed by atoms with Crippen LogP contribution in [0.4, 0.5) is 24.5 Å². The second kappa shape index (κ2) is 10.1. The Bertz CT molecular complexity index is 1310. The topological polar surface area (TPSA) is 97.5 Å². The molecule has 4 heterocycles. The molecule has 2 aromatic heterocycles. The number of fused-ring (bicyclic) bond motifs is 1. The summed E-state index contributed by atoms with van der Waals surface area (Å²) < 4.78 is 57.6. The highest BCUT2D eigenvalue weighted by Gasteiger charge is 2.45. The molecule has 2 aliphatic heterocycles. The Morgan fingerprint density at radius 1 is 1.30 bits per heavy atom. The molecule has 1 fully saturated rings. The van der Waals surface area contributed by atoms with Gasteiger partial charge in [0, 0.05) is 30.5 Å². The molecule has 2 aliphatic rings. The number of para-hydroxylation sites is 1. The lowest BCUT2D eigenvalue weighted by Crippen LogP contribution is -2.50. The summed E-state index contributed by atoms with van der Waals surface area (Å²) in [5.74, 6) is -0.144. The Kier molecular flexibility index (Phi) is 6.91. The van der Waals surface area contributed by atoms with E-state index in [0.717, 1.165) is 12.8 Å². The molecule has 0 saturated carbocycles. The normalized spacial score (nSPS) is 19.3. The number of aromatic nitrogens is 2. The van der Waals surface area contributed by atoms with Crippen molar-refractivity contribution in [3.05, 3.63) is 52.9 Å². The lowest BCUT2D eigenvalue weighted by atomic mass is 10.00. The number of aromatic amines is 1. The third-order valence-corrected chi connectivity index (χ3v) is 6.64. The molecule has 2 atom stereocenters. The molecule has 196 valence electrons. The SMILES string of the molecule is COc1c(Cl)cccc1Nc1c(-c2ccncc2OC[C@@H]2CCCO2)[nH]c2c1C(=O)NC(C(F)(F)F)C2. The first-order chi connectivity index (χ1) is 17.8. The number of hydrogen-bond acceptors (Lipinski definition) is 6. The first-order valence-corrected chi connectivity index (χ1v) is 12.0. The molecule has 1 saturated heterocycles. The smallest absolute Gasteiger partial charge is 0.409 e. The van der Waals surface area contributed by atoms with E-state index in [1.807, 2.05) is 0 Å². The van der Waals surface area contributed by atoms with Crippen LogP contribution in [0.2, 0.25) is 5.02 Å². The van der Waals surface area contributed by atoms with Gasteiger partial charge in [0.15, 0.2) is 5.75 Å². The number of hydrogen-bond donors (Lipinski definition) is 3. The first-order valence-electron chi connectivity index (χ1n) is 11.7. The Balaban J connectivity index is 1.60. The zero-order chi connectivity index (χ0) is 26.2. The van der Waals surface area contributed by atoms with Crippen molar-refractivity contribution in [3.8, 4) is 22.8 Å². The predicted octanol–water partition coefficient (Wildman–Crippen LogP) is 5.26. The van der Waals surface area contributed by atoms with Gasteiger partial charge in [0.25, 0.3) is 5.91 Å². The number of carbonyl (C=O) groups excluding carboxylic acids is 1. The van der Waals surface area contributed by atoms with E-state index < -0.39 is 24.5 Å². The molecule has 3 aromatic rings. The average Bonchev–Trinajstić information content (AvgIpc) is 3.51. The van der Waals surface area contributed by atoms with Gasteiger partial charge in [-0.15, -0.1) is 0 Å². The summed E-state index contributed by atoms with van der Waals surface area (Å²) in [5, 5.41) is 5.57. The first kappa shape index (κ1) is 25.2. The minimum atomic E-state index is -4.60. The van der Waals surface area contributed by atoms with Gasteiger partial charge in [-0.1, -0.05) is 17.7 Å². The van der Waals surface area contributed by atoms with Crippen LogP contribution in [0.5, 0.6) is 11.5 Å². The van der Waals surface area contributed by atoms with Crippen molar-refractivity contribution in [3.63, 3.8) is 0 Å². The molecule has 1 unspecified atom stereocenters. The fraction of sp³-hybridized carbons (Fsp3) is 0.360. The molecule has 8 nitrogen and oxygen atoms in total. The maximum absolute atomic E-state index is 13.5. The number of rotatable bonds is 7.